The Bertz CT molecular complexity index is 429. The van der Waals surface area contributed by atoms with Crippen molar-refractivity contribution in [2.24, 2.45) is 13.0 Å². The molecule has 3 heterocycles. The van der Waals surface area contributed by atoms with Gasteiger partial charge in [-0.25, -0.2) is 4.98 Å². The number of carbonyl (C=O) groups is 1. The molecule has 6 heteroatoms. The van der Waals surface area contributed by atoms with Gasteiger partial charge in [-0.15, -0.1) is 0 Å². The second kappa shape index (κ2) is 4.10. The first-order valence-electron chi connectivity index (χ1n) is 6.11. The number of piperidine rings is 1. The van der Waals surface area contributed by atoms with Crippen molar-refractivity contribution in [3.05, 3.63) is 12.2 Å². The second-order valence-electron chi connectivity index (χ2n) is 4.83. The average molecular weight is 235 g/mol. The lowest BCUT2D eigenvalue weighted by Gasteiger charge is -2.23. The molecule has 0 aromatic carbocycles. The molecule has 1 aromatic heterocycles. The van der Waals surface area contributed by atoms with Crippen molar-refractivity contribution in [2.45, 2.75) is 25.4 Å². The Kier molecular flexibility index (Phi) is 2.58. The van der Waals surface area contributed by atoms with Crippen LogP contribution in [-0.4, -0.2) is 44.7 Å². The fourth-order valence-electron chi connectivity index (χ4n) is 2.78. The molecule has 0 radical (unpaired) electrons. The minimum atomic E-state index is 0.178. The molecule has 2 fully saturated rings. The van der Waals surface area contributed by atoms with Gasteiger partial charge >= 0.3 is 0 Å². The zero-order chi connectivity index (χ0) is 11.8. The lowest BCUT2D eigenvalue weighted by Crippen LogP contribution is -2.41. The van der Waals surface area contributed by atoms with Crippen molar-refractivity contribution < 1.29 is 4.79 Å². The fourth-order valence-corrected chi connectivity index (χ4v) is 2.78. The van der Waals surface area contributed by atoms with Crippen LogP contribution in [0.1, 0.15) is 18.7 Å². The van der Waals surface area contributed by atoms with E-state index in [1.54, 1.807) is 4.68 Å². The quantitative estimate of drug-likeness (QED) is 0.752. The number of rotatable bonds is 2. The predicted octanol–water partition coefficient (Wildman–Crippen LogP) is -0.474. The van der Waals surface area contributed by atoms with E-state index >= 15 is 0 Å². The zero-order valence-electron chi connectivity index (χ0n) is 9.96. The Hall–Kier alpha value is -1.43. The zero-order valence-corrected chi connectivity index (χ0v) is 9.96. The molecule has 1 N–H and O–H groups in total. The maximum absolute atomic E-state index is 12.2. The molecule has 6 nitrogen and oxygen atoms in total. The highest BCUT2D eigenvalue weighted by Gasteiger charge is 2.41. The molecule has 1 aromatic rings. The van der Waals surface area contributed by atoms with Gasteiger partial charge in [0.1, 0.15) is 12.2 Å². The Morgan fingerprint density at radius 1 is 1.59 bits per heavy atom. The third-order valence-electron chi connectivity index (χ3n) is 3.77. The molecule has 92 valence electrons. The first-order valence-corrected chi connectivity index (χ1v) is 6.11. The normalized spacial score (nSPS) is 28.5. The molecule has 17 heavy (non-hydrogen) atoms. The van der Waals surface area contributed by atoms with Crippen LogP contribution in [0, 0.1) is 5.92 Å². The number of likely N-dealkylation sites (tertiary alicyclic amines) is 1. The summed E-state index contributed by atoms with van der Waals surface area (Å²) in [6.07, 6.45) is 3.65. The number of aryl methyl sites for hydroxylation is 1. The number of hydrogen-bond acceptors (Lipinski definition) is 4. The first kappa shape index (κ1) is 10.7. The molecule has 3 rings (SSSR count). The van der Waals surface area contributed by atoms with E-state index in [1.165, 1.54) is 6.33 Å². The van der Waals surface area contributed by atoms with Crippen LogP contribution in [0.25, 0.3) is 0 Å². The second-order valence-corrected chi connectivity index (χ2v) is 4.83. The molecule has 0 saturated carbocycles. The van der Waals surface area contributed by atoms with Crippen molar-refractivity contribution in [3.63, 3.8) is 0 Å². The number of aromatic nitrogens is 3. The van der Waals surface area contributed by atoms with Gasteiger partial charge in [0.05, 0.1) is 12.5 Å². The monoisotopic (exact) mass is 235 g/mol. The number of hydrogen-bond donors (Lipinski definition) is 1. The average Bonchev–Trinajstić information content (AvgIpc) is 2.87. The molecular formula is C11H17N5O. The maximum atomic E-state index is 12.2. The Balaban J connectivity index is 1.73. The van der Waals surface area contributed by atoms with Crippen LogP contribution in [0.2, 0.25) is 0 Å². The molecule has 2 saturated heterocycles. The third kappa shape index (κ3) is 1.82. The number of amides is 1. The maximum Gasteiger partial charge on any atom is 0.227 e. The number of fused-ring (bicyclic) bond motifs is 1. The summed E-state index contributed by atoms with van der Waals surface area (Å²) in [6, 6.07) is 0.337. The molecule has 2 aliphatic rings. The van der Waals surface area contributed by atoms with Crippen molar-refractivity contribution in [3.8, 4) is 0 Å². The van der Waals surface area contributed by atoms with Crippen molar-refractivity contribution in [2.75, 3.05) is 13.1 Å². The molecule has 2 unspecified atom stereocenters. The van der Waals surface area contributed by atoms with Crippen LogP contribution in [0.15, 0.2) is 6.33 Å². The Labute approximate surface area is 100 Å². The highest BCUT2D eigenvalue weighted by Crippen LogP contribution is 2.27. The predicted molar refractivity (Wildman–Crippen MR) is 60.9 cm³/mol. The lowest BCUT2D eigenvalue weighted by atomic mass is 9.94. The van der Waals surface area contributed by atoms with E-state index < -0.39 is 0 Å². The standard InChI is InChI=1S/C11H17N5O/c1-15-10(13-7-14-15)6-16-5-9-8(11(16)17)3-2-4-12-9/h7-9,12H,2-6H2,1H3. The summed E-state index contributed by atoms with van der Waals surface area (Å²) in [6.45, 7) is 2.41. The van der Waals surface area contributed by atoms with Crippen LogP contribution in [0.5, 0.6) is 0 Å². The van der Waals surface area contributed by atoms with E-state index in [4.69, 9.17) is 0 Å². The summed E-state index contributed by atoms with van der Waals surface area (Å²) in [5.74, 6) is 1.29. The van der Waals surface area contributed by atoms with Crippen LogP contribution < -0.4 is 5.32 Å². The minimum Gasteiger partial charge on any atom is -0.333 e. The molecule has 0 spiro atoms. The van der Waals surface area contributed by atoms with E-state index in [0.717, 1.165) is 31.8 Å². The van der Waals surface area contributed by atoms with Gasteiger partial charge in [-0.3, -0.25) is 9.48 Å². The van der Waals surface area contributed by atoms with Gasteiger partial charge < -0.3 is 10.2 Å². The molecule has 2 aliphatic heterocycles. The highest BCUT2D eigenvalue weighted by molar-refractivity contribution is 5.82. The summed E-state index contributed by atoms with van der Waals surface area (Å²) < 4.78 is 1.72. The molecule has 0 aliphatic carbocycles. The molecular weight excluding hydrogens is 218 g/mol. The van der Waals surface area contributed by atoms with Gasteiger partial charge in [-0.2, -0.15) is 5.10 Å². The topological polar surface area (TPSA) is 63.1 Å². The third-order valence-corrected chi connectivity index (χ3v) is 3.77. The van der Waals surface area contributed by atoms with Gasteiger partial charge in [0.2, 0.25) is 5.91 Å². The fraction of sp³-hybridized carbons (Fsp3) is 0.727. The Morgan fingerprint density at radius 3 is 3.18 bits per heavy atom. The van der Waals surface area contributed by atoms with Gasteiger partial charge in [0, 0.05) is 19.6 Å². The van der Waals surface area contributed by atoms with Crippen LogP contribution in [0.3, 0.4) is 0 Å². The number of carbonyl (C=O) groups excluding carboxylic acids is 1. The van der Waals surface area contributed by atoms with Crippen LogP contribution in [0.4, 0.5) is 0 Å². The minimum absolute atomic E-state index is 0.178. The largest absolute Gasteiger partial charge is 0.333 e. The molecule has 2 atom stereocenters. The van der Waals surface area contributed by atoms with E-state index in [0.29, 0.717) is 12.6 Å². The van der Waals surface area contributed by atoms with Crippen molar-refractivity contribution >= 4 is 5.91 Å². The van der Waals surface area contributed by atoms with Gasteiger partial charge in [-0.1, -0.05) is 0 Å². The van der Waals surface area contributed by atoms with E-state index in [9.17, 15) is 4.79 Å². The van der Waals surface area contributed by atoms with E-state index in [1.807, 2.05) is 11.9 Å². The van der Waals surface area contributed by atoms with Crippen molar-refractivity contribution in [1.29, 1.82) is 0 Å². The molecule has 1 amide bonds. The van der Waals surface area contributed by atoms with Gasteiger partial charge in [-0.05, 0) is 19.4 Å². The van der Waals surface area contributed by atoms with Crippen molar-refractivity contribution in [1.82, 2.24) is 25.0 Å². The van der Waals surface area contributed by atoms with E-state index in [2.05, 4.69) is 15.4 Å². The number of nitrogens with one attached hydrogen (secondary N) is 1. The number of nitrogens with zero attached hydrogens (tertiary/aromatic N) is 4. The highest BCUT2D eigenvalue weighted by atomic mass is 16.2. The van der Waals surface area contributed by atoms with Crippen LogP contribution >= 0.6 is 0 Å². The summed E-state index contributed by atoms with van der Waals surface area (Å²) >= 11 is 0. The smallest absolute Gasteiger partial charge is 0.227 e. The van der Waals surface area contributed by atoms with Gasteiger partial charge in [0.15, 0.2) is 0 Å². The van der Waals surface area contributed by atoms with Crippen LogP contribution in [-0.2, 0) is 18.4 Å². The molecule has 0 bridgehead atoms. The summed E-state index contributed by atoms with van der Waals surface area (Å²) in [5.41, 5.74) is 0. The van der Waals surface area contributed by atoms with E-state index in [-0.39, 0.29) is 11.8 Å². The lowest BCUT2D eigenvalue weighted by molar-refractivity contribution is -0.132. The Morgan fingerprint density at radius 2 is 2.47 bits per heavy atom. The van der Waals surface area contributed by atoms with Gasteiger partial charge in [0.25, 0.3) is 0 Å². The first-order chi connectivity index (χ1) is 8.25. The SMILES string of the molecule is Cn1ncnc1CN1CC2NCCCC2C1=O. The summed E-state index contributed by atoms with van der Waals surface area (Å²) in [5, 5.41) is 7.46. The summed E-state index contributed by atoms with van der Waals surface area (Å²) in [7, 11) is 1.86. The summed E-state index contributed by atoms with van der Waals surface area (Å²) in [4.78, 5) is 18.3.